The molecule has 20 heavy (non-hydrogen) atoms. The molecular formula is C12H19N3O5. The quantitative estimate of drug-likeness (QED) is 0.623. The molecule has 0 spiro atoms. The van der Waals surface area contributed by atoms with Gasteiger partial charge in [-0.1, -0.05) is 0 Å². The largest absolute Gasteiger partial charge is 0.480 e. The van der Waals surface area contributed by atoms with Crippen molar-refractivity contribution in [3.63, 3.8) is 0 Å². The molecule has 1 aliphatic carbocycles. The van der Waals surface area contributed by atoms with Crippen LogP contribution in [0, 0.1) is 0 Å². The zero-order chi connectivity index (χ0) is 14.8. The average Bonchev–Trinajstić information content (AvgIpc) is 3.19. The molecule has 0 aromatic carbocycles. The number of urea groups is 1. The van der Waals surface area contributed by atoms with Gasteiger partial charge in [-0.15, -0.1) is 0 Å². The first-order chi connectivity index (χ1) is 9.44. The highest BCUT2D eigenvalue weighted by atomic mass is 16.5. The number of aliphatic carboxylic acids is 1. The zero-order valence-electron chi connectivity index (χ0n) is 11.3. The Labute approximate surface area is 116 Å². The van der Waals surface area contributed by atoms with Crippen LogP contribution in [0.4, 0.5) is 4.79 Å². The maximum absolute atomic E-state index is 12.1. The van der Waals surface area contributed by atoms with Gasteiger partial charge in [0.2, 0.25) is 5.91 Å². The molecule has 0 bridgehead atoms. The third kappa shape index (κ3) is 3.19. The lowest BCUT2D eigenvalue weighted by atomic mass is 10.2. The van der Waals surface area contributed by atoms with Gasteiger partial charge in [0.1, 0.15) is 11.6 Å². The van der Waals surface area contributed by atoms with Crippen molar-refractivity contribution in [2.24, 2.45) is 0 Å². The number of carbonyl (C=O) groups excluding carboxylic acids is 2. The molecule has 0 radical (unpaired) electrons. The predicted octanol–water partition coefficient (Wildman–Crippen LogP) is -0.850. The Hall–Kier alpha value is -1.83. The summed E-state index contributed by atoms with van der Waals surface area (Å²) >= 11 is 0. The van der Waals surface area contributed by atoms with Crippen molar-refractivity contribution < 1.29 is 24.2 Å². The molecule has 2 fully saturated rings. The highest BCUT2D eigenvalue weighted by Gasteiger charge is 2.51. The maximum Gasteiger partial charge on any atom is 0.329 e. The minimum Gasteiger partial charge on any atom is -0.480 e. The van der Waals surface area contributed by atoms with E-state index >= 15 is 0 Å². The van der Waals surface area contributed by atoms with Crippen LogP contribution in [0.15, 0.2) is 0 Å². The molecule has 1 aliphatic heterocycles. The number of morpholine rings is 1. The average molecular weight is 285 g/mol. The molecule has 1 heterocycles. The number of carboxylic acid groups (broad SMARTS) is 1. The predicted molar refractivity (Wildman–Crippen MR) is 68.1 cm³/mol. The third-order valence-electron chi connectivity index (χ3n) is 3.55. The summed E-state index contributed by atoms with van der Waals surface area (Å²) in [7, 11) is 0. The Morgan fingerprint density at radius 3 is 2.35 bits per heavy atom. The van der Waals surface area contributed by atoms with Gasteiger partial charge in [-0.3, -0.25) is 4.79 Å². The van der Waals surface area contributed by atoms with Gasteiger partial charge >= 0.3 is 12.0 Å². The van der Waals surface area contributed by atoms with Crippen molar-refractivity contribution in [3.05, 3.63) is 0 Å². The van der Waals surface area contributed by atoms with Crippen LogP contribution in [0.5, 0.6) is 0 Å². The van der Waals surface area contributed by atoms with Gasteiger partial charge in [-0.25, -0.2) is 9.59 Å². The highest BCUT2D eigenvalue weighted by Crippen LogP contribution is 2.35. The smallest absolute Gasteiger partial charge is 0.329 e. The molecule has 0 aromatic rings. The summed E-state index contributed by atoms with van der Waals surface area (Å²) in [5.41, 5.74) is -1.15. The molecule has 0 aromatic heterocycles. The third-order valence-corrected chi connectivity index (χ3v) is 3.55. The number of rotatable bonds is 4. The first-order valence-corrected chi connectivity index (χ1v) is 6.63. The van der Waals surface area contributed by atoms with E-state index in [0.717, 1.165) is 0 Å². The lowest BCUT2D eigenvalue weighted by molar-refractivity contribution is -0.140. The summed E-state index contributed by atoms with van der Waals surface area (Å²) in [6.45, 7) is 3.58. The first kappa shape index (κ1) is 14.6. The van der Waals surface area contributed by atoms with Crippen molar-refractivity contribution in [2.75, 3.05) is 26.3 Å². The summed E-state index contributed by atoms with van der Waals surface area (Å²) in [6.07, 6.45) is 0.836. The minimum absolute atomic E-state index is 0.191. The van der Waals surface area contributed by atoms with Crippen molar-refractivity contribution in [2.45, 2.75) is 31.3 Å². The van der Waals surface area contributed by atoms with E-state index in [2.05, 4.69) is 10.6 Å². The van der Waals surface area contributed by atoms with E-state index in [-0.39, 0.29) is 5.91 Å². The van der Waals surface area contributed by atoms with E-state index in [4.69, 9.17) is 9.84 Å². The molecule has 1 saturated carbocycles. The van der Waals surface area contributed by atoms with Crippen LogP contribution in [0.25, 0.3) is 0 Å². The van der Waals surface area contributed by atoms with Gasteiger partial charge in [-0.2, -0.15) is 0 Å². The summed E-state index contributed by atoms with van der Waals surface area (Å²) in [5, 5.41) is 13.9. The van der Waals surface area contributed by atoms with Crippen molar-refractivity contribution in [1.82, 2.24) is 15.5 Å². The summed E-state index contributed by atoms with van der Waals surface area (Å²) < 4.78 is 5.15. The number of hydrogen-bond acceptors (Lipinski definition) is 4. The molecule has 3 N–H and O–H groups in total. The van der Waals surface area contributed by atoms with Gasteiger partial charge in [-0.05, 0) is 19.8 Å². The van der Waals surface area contributed by atoms with E-state index < -0.39 is 23.6 Å². The van der Waals surface area contributed by atoms with E-state index in [1.54, 1.807) is 11.8 Å². The minimum atomic E-state index is -1.15. The second-order valence-electron chi connectivity index (χ2n) is 5.15. The molecule has 8 heteroatoms. The SMILES string of the molecule is CC(NC(=O)NC1(C(=O)O)CC1)C(=O)N1CCOCC1. The summed E-state index contributed by atoms with van der Waals surface area (Å²) in [5.74, 6) is -1.23. The number of amides is 3. The number of hydrogen-bond donors (Lipinski definition) is 3. The lowest BCUT2D eigenvalue weighted by Gasteiger charge is -2.29. The number of ether oxygens (including phenoxy) is 1. The summed E-state index contributed by atoms with van der Waals surface area (Å²) in [6, 6.07) is -1.32. The van der Waals surface area contributed by atoms with E-state index in [0.29, 0.717) is 39.1 Å². The fraction of sp³-hybridized carbons (Fsp3) is 0.750. The number of nitrogens with zero attached hydrogens (tertiary/aromatic N) is 1. The van der Waals surface area contributed by atoms with Gasteiger partial charge in [0.15, 0.2) is 0 Å². The lowest BCUT2D eigenvalue weighted by Crippen LogP contribution is -2.55. The standard InChI is InChI=1S/C12H19N3O5/c1-8(9(16)15-4-6-20-7-5-15)13-11(19)14-12(2-3-12)10(17)18/h8H,2-7H2,1H3,(H,17,18)(H2,13,14,19). The zero-order valence-corrected chi connectivity index (χ0v) is 11.3. The van der Waals surface area contributed by atoms with Crippen LogP contribution in [-0.2, 0) is 14.3 Å². The van der Waals surface area contributed by atoms with Crippen LogP contribution >= 0.6 is 0 Å². The number of nitrogens with one attached hydrogen (secondary N) is 2. The Morgan fingerprint density at radius 2 is 1.85 bits per heavy atom. The monoisotopic (exact) mass is 285 g/mol. The Bertz CT molecular complexity index is 415. The van der Waals surface area contributed by atoms with E-state index in [9.17, 15) is 14.4 Å². The second kappa shape index (κ2) is 5.66. The van der Waals surface area contributed by atoms with Gasteiger partial charge in [0, 0.05) is 13.1 Å². The van der Waals surface area contributed by atoms with Crippen LogP contribution in [0.2, 0.25) is 0 Å². The fourth-order valence-corrected chi connectivity index (χ4v) is 2.09. The van der Waals surface area contributed by atoms with Gasteiger partial charge < -0.3 is 25.4 Å². The molecule has 2 aliphatic rings. The number of carboxylic acids is 1. The van der Waals surface area contributed by atoms with Gasteiger partial charge in [0.25, 0.3) is 0 Å². The Morgan fingerprint density at radius 1 is 1.25 bits per heavy atom. The fourth-order valence-electron chi connectivity index (χ4n) is 2.09. The summed E-state index contributed by atoms with van der Waals surface area (Å²) in [4.78, 5) is 36.4. The normalized spacial score (nSPS) is 21.8. The molecule has 2 rings (SSSR count). The molecule has 112 valence electrons. The van der Waals surface area contributed by atoms with Crippen molar-refractivity contribution in [1.29, 1.82) is 0 Å². The Kier molecular flexibility index (Phi) is 4.12. The first-order valence-electron chi connectivity index (χ1n) is 6.63. The van der Waals surface area contributed by atoms with Crippen LogP contribution in [0.3, 0.4) is 0 Å². The van der Waals surface area contributed by atoms with Crippen molar-refractivity contribution in [3.8, 4) is 0 Å². The molecule has 1 atom stereocenters. The van der Waals surface area contributed by atoms with E-state index in [1.807, 2.05) is 0 Å². The molecule has 3 amide bonds. The van der Waals surface area contributed by atoms with Crippen LogP contribution < -0.4 is 10.6 Å². The molecular weight excluding hydrogens is 266 g/mol. The second-order valence-corrected chi connectivity index (χ2v) is 5.15. The van der Waals surface area contributed by atoms with Crippen LogP contribution in [0.1, 0.15) is 19.8 Å². The molecule has 8 nitrogen and oxygen atoms in total. The highest BCUT2D eigenvalue weighted by molar-refractivity contribution is 5.91. The van der Waals surface area contributed by atoms with Gasteiger partial charge in [0.05, 0.1) is 13.2 Å². The molecule has 1 saturated heterocycles. The van der Waals surface area contributed by atoms with Crippen molar-refractivity contribution >= 4 is 17.9 Å². The maximum atomic E-state index is 12.1. The van der Waals surface area contributed by atoms with Crippen LogP contribution in [-0.4, -0.2) is 65.8 Å². The number of carbonyl (C=O) groups is 3. The molecule has 1 unspecified atom stereocenters. The van der Waals surface area contributed by atoms with E-state index in [1.165, 1.54) is 0 Å². The topological polar surface area (TPSA) is 108 Å². The Balaban J connectivity index is 1.81.